The minimum atomic E-state index is -0.641. The molecule has 0 saturated carbocycles. The molecule has 0 fully saturated rings. The van der Waals surface area contributed by atoms with E-state index in [1.165, 1.54) is 15.9 Å². The summed E-state index contributed by atoms with van der Waals surface area (Å²) in [6, 6.07) is 29.7. The molecule has 0 aliphatic carbocycles. The molecule has 0 radical (unpaired) electrons. The predicted octanol–water partition coefficient (Wildman–Crippen LogP) is 2.86. The van der Waals surface area contributed by atoms with Gasteiger partial charge in [-0.1, -0.05) is 84.9 Å². The van der Waals surface area contributed by atoms with Crippen LogP contribution in [0.15, 0.2) is 89.9 Å². The highest BCUT2D eigenvalue weighted by atomic mass is 31.1. The maximum atomic E-state index is 8.97. The molecule has 0 atom stereocenters. The van der Waals surface area contributed by atoms with E-state index in [0.29, 0.717) is 6.54 Å². The Morgan fingerprint density at radius 3 is 1.88 bits per heavy atom. The van der Waals surface area contributed by atoms with Crippen LogP contribution in [0.4, 0.5) is 0 Å². The van der Waals surface area contributed by atoms with E-state index in [1.54, 1.807) is 0 Å². The molecule has 0 bridgehead atoms. The average Bonchev–Trinajstić information content (AvgIpc) is 2.65. The van der Waals surface area contributed by atoms with Crippen molar-refractivity contribution in [2.24, 2.45) is 4.99 Å². The first kappa shape index (κ1) is 16.6. The molecule has 0 aromatic heterocycles. The van der Waals surface area contributed by atoms with Crippen LogP contribution in [0.1, 0.15) is 5.56 Å². The molecule has 3 aromatic rings. The third kappa shape index (κ3) is 3.97. The lowest BCUT2D eigenvalue weighted by Crippen LogP contribution is -2.23. The molecule has 0 saturated heterocycles. The van der Waals surface area contributed by atoms with Crippen molar-refractivity contribution in [3.05, 3.63) is 90.5 Å². The fourth-order valence-corrected chi connectivity index (χ4v) is 5.02. The Morgan fingerprint density at radius 2 is 1.29 bits per heavy atom. The van der Waals surface area contributed by atoms with Gasteiger partial charge < -0.3 is 5.11 Å². The summed E-state index contributed by atoms with van der Waals surface area (Å²) < 4.78 is 0. The van der Waals surface area contributed by atoms with Crippen LogP contribution in [-0.2, 0) is 0 Å². The van der Waals surface area contributed by atoms with Crippen LogP contribution < -0.4 is 15.9 Å². The van der Waals surface area contributed by atoms with Crippen molar-refractivity contribution in [2.45, 2.75) is 0 Å². The van der Waals surface area contributed by atoms with Gasteiger partial charge in [0.2, 0.25) is 0 Å². The zero-order valence-electron chi connectivity index (χ0n) is 13.4. The topological polar surface area (TPSA) is 32.6 Å². The Kier molecular flexibility index (Phi) is 5.90. The summed E-state index contributed by atoms with van der Waals surface area (Å²) in [5.74, 6) is 0. The Morgan fingerprint density at radius 1 is 0.750 bits per heavy atom. The molecule has 3 aromatic carbocycles. The van der Waals surface area contributed by atoms with E-state index in [2.05, 4.69) is 83.9 Å². The molecule has 0 aliphatic heterocycles. The Labute approximate surface area is 144 Å². The average molecular weight is 333 g/mol. The van der Waals surface area contributed by atoms with Crippen LogP contribution in [0.3, 0.4) is 0 Å². The second-order valence-corrected chi connectivity index (χ2v) is 7.51. The van der Waals surface area contributed by atoms with Crippen LogP contribution in [0, 0.1) is 0 Å². The fraction of sp³-hybridized carbons (Fsp3) is 0.0952. The van der Waals surface area contributed by atoms with E-state index >= 15 is 0 Å². The summed E-state index contributed by atoms with van der Waals surface area (Å²) in [7, 11) is -0.641. The first-order valence-corrected chi connectivity index (χ1v) is 9.34. The highest BCUT2D eigenvalue weighted by molar-refractivity contribution is 7.80. The summed E-state index contributed by atoms with van der Waals surface area (Å²) in [5, 5.41) is 12.9. The van der Waals surface area contributed by atoms with E-state index in [4.69, 9.17) is 5.11 Å². The Hall–Kier alpha value is -2.28. The van der Waals surface area contributed by atoms with Crippen LogP contribution in [0.2, 0.25) is 0 Å². The number of aliphatic hydroxyl groups is 1. The second kappa shape index (κ2) is 8.54. The summed E-state index contributed by atoms with van der Waals surface area (Å²) in [6.07, 6.45) is 1.88. The van der Waals surface area contributed by atoms with E-state index in [0.717, 1.165) is 5.56 Å². The van der Waals surface area contributed by atoms with Crippen LogP contribution in [0.5, 0.6) is 0 Å². The van der Waals surface area contributed by atoms with Gasteiger partial charge in [0.1, 0.15) is 0 Å². The minimum absolute atomic E-state index is 0.0742. The van der Waals surface area contributed by atoms with Gasteiger partial charge in [0.25, 0.3) is 0 Å². The van der Waals surface area contributed by atoms with E-state index in [-0.39, 0.29) is 6.61 Å². The molecule has 0 amide bonds. The zero-order valence-corrected chi connectivity index (χ0v) is 14.3. The van der Waals surface area contributed by atoms with Gasteiger partial charge in [-0.3, -0.25) is 4.99 Å². The monoisotopic (exact) mass is 333 g/mol. The van der Waals surface area contributed by atoms with Crippen molar-refractivity contribution in [3.8, 4) is 0 Å². The standard InChI is InChI=1S/C21H20NOP/c23-16-15-22-17-18-9-7-8-14-21(18)24(19-10-3-1-4-11-19)20-12-5-2-6-13-20/h1-14,17,23H,15-16H2. The van der Waals surface area contributed by atoms with E-state index in [9.17, 15) is 0 Å². The summed E-state index contributed by atoms with van der Waals surface area (Å²) in [5.41, 5.74) is 1.12. The van der Waals surface area contributed by atoms with Crippen molar-refractivity contribution in [2.75, 3.05) is 13.2 Å². The largest absolute Gasteiger partial charge is 0.394 e. The third-order valence-corrected chi connectivity index (χ3v) is 6.18. The van der Waals surface area contributed by atoms with Crippen molar-refractivity contribution < 1.29 is 5.11 Å². The number of rotatable bonds is 6. The van der Waals surface area contributed by atoms with Gasteiger partial charge in [0, 0.05) is 11.8 Å². The minimum Gasteiger partial charge on any atom is -0.394 e. The number of aliphatic imine (C=N–C) groups is 1. The first-order valence-electron chi connectivity index (χ1n) is 8.00. The molecule has 0 heterocycles. The van der Waals surface area contributed by atoms with Gasteiger partial charge in [-0.15, -0.1) is 0 Å². The molecule has 120 valence electrons. The second-order valence-electron chi connectivity index (χ2n) is 5.32. The highest BCUT2D eigenvalue weighted by Crippen LogP contribution is 2.33. The fourth-order valence-electron chi connectivity index (χ4n) is 2.60. The van der Waals surface area contributed by atoms with Gasteiger partial charge in [-0.25, -0.2) is 0 Å². The molecule has 0 spiro atoms. The van der Waals surface area contributed by atoms with E-state index in [1.807, 2.05) is 12.3 Å². The number of benzene rings is 3. The smallest absolute Gasteiger partial charge is 0.0626 e. The summed E-state index contributed by atoms with van der Waals surface area (Å²) >= 11 is 0. The molecule has 1 N–H and O–H groups in total. The Bertz CT molecular complexity index is 748. The summed E-state index contributed by atoms with van der Waals surface area (Å²) in [6.45, 7) is 0.508. The number of nitrogens with zero attached hydrogens (tertiary/aromatic N) is 1. The van der Waals surface area contributed by atoms with Crippen LogP contribution in [0.25, 0.3) is 0 Å². The van der Waals surface area contributed by atoms with Crippen molar-refractivity contribution >= 4 is 30.0 Å². The molecular weight excluding hydrogens is 313 g/mol. The van der Waals surface area contributed by atoms with Crippen LogP contribution >= 0.6 is 7.92 Å². The lowest BCUT2D eigenvalue weighted by Gasteiger charge is -2.21. The summed E-state index contributed by atoms with van der Waals surface area (Å²) in [4.78, 5) is 4.33. The molecule has 3 rings (SSSR count). The molecule has 0 aliphatic rings. The third-order valence-electron chi connectivity index (χ3n) is 3.67. The number of hydrogen-bond acceptors (Lipinski definition) is 2. The van der Waals surface area contributed by atoms with Gasteiger partial charge >= 0.3 is 0 Å². The molecule has 0 unspecified atom stereocenters. The maximum absolute atomic E-state index is 8.97. The van der Waals surface area contributed by atoms with E-state index < -0.39 is 7.92 Å². The first-order chi connectivity index (χ1) is 11.9. The van der Waals surface area contributed by atoms with Crippen LogP contribution in [-0.4, -0.2) is 24.5 Å². The zero-order chi connectivity index (χ0) is 16.6. The van der Waals surface area contributed by atoms with Crippen molar-refractivity contribution in [1.29, 1.82) is 0 Å². The van der Waals surface area contributed by atoms with Gasteiger partial charge in [0.15, 0.2) is 0 Å². The van der Waals surface area contributed by atoms with Gasteiger partial charge in [0.05, 0.1) is 13.2 Å². The van der Waals surface area contributed by atoms with Gasteiger partial charge in [-0.05, 0) is 23.8 Å². The lowest BCUT2D eigenvalue weighted by atomic mass is 10.2. The normalized spacial score (nSPS) is 11.2. The lowest BCUT2D eigenvalue weighted by molar-refractivity contribution is 0.307. The molecule has 3 heteroatoms. The molecular formula is C21H20NOP. The highest BCUT2D eigenvalue weighted by Gasteiger charge is 2.18. The predicted molar refractivity (Wildman–Crippen MR) is 105 cm³/mol. The molecule has 24 heavy (non-hydrogen) atoms. The van der Waals surface area contributed by atoms with Crippen molar-refractivity contribution in [1.82, 2.24) is 0 Å². The molecule has 2 nitrogen and oxygen atoms in total. The SMILES string of the molecule is OCCN=Cc1ccccc1P(c1ccccc1)c1ccccc1. The number of hydrogen-bond donors (Lipinski definition) is 1. The quantitative estimate of drug-likeness (QED) is 0.546. The van der Waals surface area contributed by atoms with Gasteiger partial charge in [-0.2, -0.15) is 0 Å². The van der Waals surface area contributed by atoms with Crippen molar-refractivity contribution in [3.63, 3.8) is 0 Å². The maximum Gasteiger partial charge on any atom is 0.0626 e. The number of aliphatic hydroxyl groups excluding tert-OH is 1. The Balaban J connectivity index is 2.10.